The maximum Gasteiger partial charge on any atom is 0.341 e. The number of hydrogen-bond acceptors (Lipinski definition) is 4. The summed E-state index contributed by atoms with van der Waals surface area (Å²) in [4.78, 5) is 20.8. The number of thiophene rings is 1. The highest BCUT2D eigenvalue weighted by molar-refractivity contribution is 7.10. The van der Waals surface area contributed by atoms with Gasteiger partial charge in [0, 0.05) is 4.88 Å². The smallest absolute Gasteiger partial charge is 0.341 e. The van der Waals surface area contributed by atoms with Gasteiger partial charge < -0.3 is 9.72 Å². The number of H-pyrrole nitrogens is 1. The molecule has 0 saturated carbocycles. The number of nitrogens with one attached hydrogen (secondary N) is 1. The second-order valence-electron chi connectivity index (χ2n) is 4.40. The molecule has 0 atom stereocenters. The third kappa shape index (κ3) is 2.87. The molecule has 0 bridgehead atoms. The maximum atomic E-state index is 12.2. The van der Waals surface area contributed by atoms with Crippen molar-refractivity contribution >= 4 is 40.0 Å². The summed E-state index contributed by atoms with van der Waals surface area (Å²) < 4.78 is 5.14. The summed E-state index contributed by atoms with van der Waals surface area (Å²) in [6.45, 7) is 2.13. The van der Waals surface area contributed by atoms with Gasteiger partial charge in [0.2, 0.25) is 0 Å². The van der Waals surface area contributed by atoms with Crippen LogP contribution in [-0.4, -0.2) is 22.5 Å². The lowest BCUT2D eigenvalue weighted by molar-refractivity contribution is -0.136. The van der Waals surface area contributed by atoms with Gasteiger partial charge in [0.15, 0.2) is 0 Å². The van der Waals surface area contributed by atoms with Gasteiger partial charge in [0.1, 0.15) is 11.4 Å². The van der Waals surface area contributed by atoms with E-state index in [1.54, 1.807) is 24.3 Å². The average Bonchev–Trinajstić information content (AvgIpc) is 3.13. The van der Waals surface area contributed by atoms with Gasteiger partial charge in [0.05, 0.1) is 17.6 Å². The van der Waals surface area contributed by atoms with E-state index in [-0.39, 0.29) is 5.97 Å². The molecule has 0 aliphatic heterocycles. The third-order valence-corrected chi connectivity index (χ3v) is 3.79. The Balaban J connectivity index is 2.08. The first-order valence-corrected chi connectivity index (χ1v) is 7.53. The highest BCUT2D eigenvalue weighted by Gasteiger charge is 2.17. The predicted octanol–water partition coefficient (Wildman–Crippen LogP) is 3.73. The Morgan fingerprint density at radius 1 is 1.33 bits per heavy atom. The summed E-state index contributed by atoms with van der Waals surface area (Å²) in [6.07, 6.45) is 1.81. The largest absolute Gasteiger partial charge is 0.462 e. The van der Waals surface area contributed by atoms with Crippen LogP contribution < -0.4 is 0 Å². The van der Waals surface area contributed by atoms with Gasteiger partial charge in [-0.2, -0.15) is 0 Å². The second-order valence-corrected chi connectivity index (χ2v) is 5.38. The van der Waals surface area contributed by atoms with Crippen LogP contribution in [0.1, 0.15) is 17.6 Å². The monoisotopic (exact) mass is 298 g/mol. The molecule has 0 fully saturated rings. The van der Waals surface area contributed by atoms with Gasteiger partial charge in [-0.15, -0.1) is 11.3 Å². The Labute approximate surface area is 126 Å². The molecular weight excluding hydrogens is 284 g/mol. The van der Waals surface area contributed by atoms with Gasteiger partial charge in [-0.3, -0.25) is 0 Å². The quantitative estimate of drug-likeness (QED) is 0.590. The van der Waals surface area contributed by atoms with Crippen LogP contribution in [0.3, 0.4) is 0 Å². The van der Waals surface area contributed by atoms with Crippen LogP contribution in [0, 0.1) is 0 Å². The highest BCUT2D eigenvalue weighted by Crippen LogP contribution is 2.22. The third-order valence-electron chi connectivity index (χ3n) is 2.97. The number of rotatable bonds is 4. The molecule has 0 radical (unpaired) electrons. The lowest BCUT2D eigenvalue weighted by atomic mass is 10.2. The number of fused-ring (bicyclic) bond motifs is 1. The maximum absolute atomic E-state index is 12.2. The number of ether oxygens (including phenoxy) is 1. The van der Waals surface area contributed by atoms with Crippen LogP contribution in [-0.2, 0) is 9.53 Å². The van der Waals surface area contributed by atoms with E-state index < -0.39 is 0 Å². The van der Waals surface area contributed by atoms with Crippen LogP contribution in [0.2, 0.25) is 0 Å². The summed E-state index contributed by atoms with van der Waals surface area (Å²) in [6, 6.07) is 11.6. The molecule has 0 amide bonds. The molecule has 2 heterocycles. The van der Waals surface area contributed by atoms with Crippen molar-refractivity contribution in [3.63, 3.8) is 0 Å². The van der Waals surface area contributed by atoms with Crippen molar-refractivity contribution in [3.8, 4) is 0 Å². The molecule has 3 aromatic rings. The SMILES string of the molecule is CCOC(=O)C(=Cc1cccs1)c1nc2ccccc2[nH]1. The number of imidazole rings is 1. The molecule has 1 N–H and O–H groups in total. The van der Waals surface area contributed by atoms with Gasteiger partial charge >= 0.3 is 5.97 Å². The molecule has 0 aliphatic rings. The van der Waals surface area contributed by atoms with Gasteiger partial charge in [-0.1, -0.05) is 18.2 Å². The van der Waals surface area contributed by atoms with Crippen LogP contribution in [0.5, 0.6) is 0 Å². The number of nitrogens with zero attached hydrogens (tertiary/aromatic N) is 1. The minimum atomic E-state index is -0.370. The average molecular weight is 298 g/mol. The van der Waals surface area contributed by atoms with Crippen molar-refractivity contribution < 1.29 is 9.53 Å². The number of esters is 1. The van der Waals surface area contributed by atoms with E-state index in [0.29, 0.717) is 18.0 Å². The first-order valence-electron chi connectivity index (χ1n) is 6.65. The summed E-state index contributed by atoms with van der Waals surface area (Å²) in [5.74, 6) is 0.160. The van der Waals surface area contributed by atoms with Crippen molar-refractivity contribution in [2.45, 2.75) is 6.92 Å². The Kier molecular flexibility index (Phi) is 3.83. The van der Waals surface area contributed by atoms with E-state index in [9.17, 15) is 4.79 Å². The topological polar surface area (TPSA) is 55.0 Å². The fraction of sp³-hybridized carbons (Fsp3) is 0.125. The Morgan fingerprint density at radius 3 is 2.90 bits per heavy atom. The van der Waals surface area contributed by atoms with Crippen molar-refractivity contribution in [2.24, 2.45) is 0 Å². The lowest BCUT2D eigenvalue weighted by Crippen LogP contribution is -2.07. The van der Waals surface area contributed by atoms with Crippen molar-refractivity contribution in [1.82, 2.24) is 9.97 Å². The molecule has 0 saturated heterocycles. The molecule has 3 rings (SSSR count). The summed E-state index contributed by atoms with van der Waals surface area (Å²) >= 11 is 1.56. The minimum Gasteiger partial charge on any atom is -0.462 e. The van der Waals surface area contributed by atoms with Crippen LogP contribution in [0.25, 0.3) is 22.7 Å². The van der Waals surface area contributed by atoms with E-state index >= 15 is 0 Å². The first-order chi connectivity index (χ1) is 10.3. The molecule has 106 valence electrons. The van der Waals surface area contributed by atoms with E-state index in [0.717, 1.165) is 15.9 Å². The van der Waals surface area contributed by atoms with E-state index in [1.807, 2.05) is 41.8 Å². The zero-order valence-corrected chi connectivity index (χ0v) is 12.3. The number of carbonyl (C=O) groups is 1. The molecule has 5 heteroatoms. The van der Waals surface area contributed by atoms with Crippen LogP contribution in [0.15, 0.2) is 41.8 Å². The number of aromatic amines is 1. The molecule has 1 aromatic carbocycles. The number of benzene rings is 1. The molecule has 0 spiro atoms. The van der Waals surface area contributed by atoms with Gasteiger partial charge in [-0.25, -0.2) is 9.78 Å². The Bertz CT molecular complexity index is 755. The van der Waals surface area contributed by atoms with Gasteiger partial charge in [-0.05, 0) is 36.6 Å². The fourth-order valence-corrected chi connectivity index (χ4v) is 2.69. The van der Waals surface area contributed by atoms with E-state index in [2.05, 4.69) is 9.97 Å². The van der Waals surface area contributed by atoms with Crippen molar-refractivity contribution in [2.75, 3.05) is 6.61 Å². The Hall–Kier alpha value is -2.40. The molecule has 4 nitrogen and oxygen atoms in total. The highest BCUT2D eigenvalue weighted by atomic mass is 32.1. The summed E-state index contributed by atoms with van der Waals surface area (Å²) in [7, 11) is 0. The number of aromatic nitrogens is 2. The molecule has 2 aromatic heterocycles. The second kappa shape index (κ2) is 5.93. The minimum absolute atomic E-state index is 0.334. The molecule has 0 unspecified atom stereocenters. The van der Waals surface area contributed by atoms with Crippen LogP contribution in [0.4, 0.5) is 0 Å². The summed E-state index contributed by atoms with van der Waals surface area (Å²) in [5.41, 5.74) is 2.17. The zero-order chi connectivity index (χ0) is 14.7. The standard InChI is InChI=1S/C16H14N2O2S/c1-2-20-16(19)12(10-11-6-5-9-21-11)15-17-13-7-3-4-8-14(13)18-15/h3-10H,2H2,1H3,(H,17,18). The number of para-hydroxylation sites is 2. The van der Waals surface area contributed by atoms with Crippen molar-refractivity contribution in [3.05, 3.63) is 52.5 Å². The normalized spacial score (nSPS) is 11.8. The van der Waals surface area contributed by atoms with E-state index in [4.69, 9.17) is 4.74 Å². The molecule has 0 aliphatic carbocycles. The van der Waals surface area contributed by atoms with E-state index in [1.165, 1.54) is 0 Å². The summed E-state index contributed by atoms with van der Waals surface area (Å²) in [5, 5.41) is 1.97. The van der Waals surface area contributed by atoms with Crippen molar-refractivity contribution in [1.29, 1.82) is 0 Å². The van der Waals surface area contributed by atoms with Crippen LogP contribution >= 0.6 is 11.3 Å². The Morgan fingerprint density at radius 2 is 2.19 bits per heavy atom. The van der Waals surface area contributed by atoms with Gasteiger partial charge in [0.25, 0.3) is 0 Å². The first kappa shape index (κ1) is 13.6. The number of carbonyl (C=O) groups excluding carboxylic acids is 1. The molecular formula is C16H14N2O2S. The zero-order valence-electron chi connectivity index (χ0n) is 11.5. The lowest BCUT2D eigenvalue weighted by Gasteiger charge is -2.03. The number of hydrogen-bond donors (Lipinski definition) is 1. The molecule has 21 heavy (non-hydrogen) atoms. The predicted molar refractivity (Wildman–Crippen MR) is 84.9 cm³/mol. The fourth-order valence-electron chi connectivity index (χ4n) is 2.03.